The highest BCUT2D eigenvalue weighted by atomic mass is 35.5. The van der Waals surface area contributed by atoms with Gasteiger partial charge in [-0.15, -0.1) is 24.8 Å². The highest BCUT2D eigenvalue weighted by Crippen LogP contribution is 2.04. The van der Waals surface area contributed by atoms with Crippen LogP contribution in [0.3, 0.4) is 0 Å². The molecule has 0 bridgehead atoms. The highest BCUT2D eigenvalue weighted by molar-refractivity contribution is 5.85. The van der Waals surface area contributed by atoms with Gasteiger partial charge in [-0.2, -0.15) is 0 Å². The molecule has 0 aromatic rings. The van der Waals surface area contributed by atoms with Crippen LogP contribution in [0.1, 0.15) is 6.42 Å². The van der Waals surface area contributed by atoms with Gasteiger partial charge in [0.1, 0.15) is 0 Å². The number of nitrogens with zero attached hydrogens (tertiary/aromatic N) is 1. The van der Waals surface area contributed by atoms with Crippen molar-refractivity contribution in [3.8, 4) is 0 Å². The summed E-state index contributed by atoms with van der Waals surface area (Å²) in [7, 11) is 0. The summed E-state index contributed by atoms with van der Waals surface area (Å²) in [5.41, 5.74) is 0. The van der Waals surface area contributed by atoms with Crippen molar-refractivity contribution in [3.05, 3.63) is 0 Å². The van der Waals surface area contributed by atoms with Crippen LogP contribution in [0.15, 0.2) is 0 Å². The van der Waals surface area contributed by atoms with Crippen LogP contribution in [0.4, 0.5) is 0 Å². The summed E-state index contributed by atoms with van der Waals surface area (Å²) >= 11 is 0. The first-order valence-corrected chi connectivity index (χ1v) is 2.70. The fraction of sp³-hybridized carbons (Fsp3) is 0.800. The van der Waals surface area contributed by atoms with Gasteiger partial charge in [0.05, 0.1) is 6.10 Å². The van der Waals surface area contributed by atoms with Crippen LogP contribution in [0.25, 0.3) is 0 Å². The smallest absolute Gasteiger partial charge is 0.209 e. The number of amides is 1. The third kappa shape index (κ3) is 3.25. The molecule has 1 atom stereocenters. The Morgan fingerprint density at radius 1 is 1.50 bits per heavy atom. The fourth-order valence-electron chi connectivity index (χ4n) is 0.864. The molecule has 1 unspecified atom stereocenters. The second kappa shape index (κ2) is 5.77. The first-order valence-electron chi connectivity index (χ1n) is 2.70. The molecule has 0 saturated carbocycles. The summed E-state index contributed by atoms with van der Waals surface area (Å²) in [4.78, 5) is 11.5. The number of carbonyl (C=O) groups is 1. The highest BCUT2D eigenvalue weighted by Gasteiger charge is 2.17. The fourth-order valence-corrected chi connectivity index (χ4v) is 0.864. The van der Waals surface area contributed by atoms with Gasteiger partial charge in [0, 0.05) is 13.1 Å². The van der Waals surface area contributed by atoms with E-state index in [1.165, 1.54) is 0 Å². The maximum atomic E-state index is 9.97. The van der Waals surface area contributed by atoms with Crippen molar-refractivity contribution in [2.75, 3.05) is 13.1 Å². The number of hydrogen-bond donors (Lipinski definition) is 1. The largest absolute Gasteiger partial charge is 0.391 e. The van der Waals surface area contributed by atoms with E-state index in [1.807, 2.05) is 0 Å². The molecule has 1 aliphatic rings. The average Bonchev–Trinajstić information content (AvgIpc) is 2.14. The molecule has 1 N–H and O–H groups in total. The Labute approximate surface area is 72.2 Å². The predicted molar refractivity (Wildman–Crippen MR) is 42.8 cm³/mol. The van der Waals surface area contributed by atoms with Crippen molar-refractivity contribution in [1.29, 1.82) is 0 Å². The van der Waals surface area contributed by atoms with Gasteiger partial charge in [-0.1, -0.05) is 0 Å². The number of aliphatic hydroxyl groups excluding tert-OH is 1. The molecule has 62 valence electrons. The van der Waals surface area contributed by atoms with Gasteiger partial charge >= 0.3 is 0 Å². The summed E-state index contributed by atoms with van der Waals surface area (Å²) in [5.74, 6) is 0. The minimum absolute atomic E-state index is 0. The molecule has 0 aromatic carbocycles. The Morgan fingerprint density at radius 2 is 2.10 bits per heavy atom. The summed E-state index contributed by atoms with van der Waals surface area (Å²) < 4.78 is 0. The standard InChI is InChI=1S/C5H9NO2.2ClH/c7-4-6-2-1-5(8)3-6;;/h4-5,8H,1-3H2;2*1H. The van der Waals surface area contributed by atoms with E-state index in [9.17, 15) is 4.79 Å². The summed E-state index contributed by atoms with van der Waals surface area (Å²) in [5, 5.41) is 8.83. The van der Waals surface area contributed by atoms with Crippen LogP contribution in [0.2, 0.25) is 0 Å². The van der Waals surface area contributed by atoms with Gasteiger partial charge in [-0.25, -0.2) is 0 Å². The van der Waals surface area contributed by atoms with Crippen LogP contribution in [-0.2, 0) is 4.79 Å². The maximum absolute atomic E-state index is 9.97. The van der Waals surface area contributed by atoms with Crippen LogP contribution in [0.5, 0.6) is 0 Å². The van der Waals surface area contributed by atoms with Crippen molar-refractivity contribution in [3.63, 3.8) is 0 Å². The molecule has 0 aliphatic carbocycles. The Morgan fingerprint density at radius 3 is 2.30 bits per heavy atom. The third-order valence-corrected chi connectivity index (χ3v) is 1.34. The lowest BCUT2D eigenvalue weighted by molar-refractivity contribution is -0.117. The molecule has 1 fully saturated rings. The van der Waals surface area contributed by atoms with E-state index >= 15 is 0 Å². The zero-order chi connectivity index (χ0) is 5.98. The van der Waals surface area contributed by atoms with E-state index in [0.29, 0.717) is 13.1 Å². The second-order valence-corrected chi connectivity index (χ2v) is 2.04. The first kappa shape index (κ1) is 12.7. The number of aliphatic hydroxyl groups is 1. The van der Waals surface area contributed by atoms with E-state index in [-0.39, 0.29) is 30.9 Å². The SMILES string of the molecule is Cl.Cl.O=CN1CCC(O)C1. The van der Waals surface area contributed by atoms with E-state index in [4.69, 9.17) is 5.11 Å². The van der Waals surface area contributed by atoms with E-state index in [2.05, 4.69) is 0 Å². The predicted octanol–water partition coefficient (Wildman–Crippen LogP) is 0.0530. The van der Waals surface area contributed by atoms with E-state index in [0.717, 1.165) is 12.8 Å². The molecule has 0 spiro atoms. The molecule has 3 nitrogen and oxygen atoms in total. The lowest BCUT2D eigenvalue weighted by Crippen LogP contribution is -2.19. The van der Waals surface area contributed by atoms with Gasteiger partial charge < -0.3 is 10.0 Å². The molecule has 10 heavy (non-hydrogen) atoms. The summed E-state index contributed by atoms with van der Waals surface area (Å²) in [6, 6.07) is 0. The molecule has 1 saturated heterocycles. The number of hydrogen-bond acceptors (Lipinski definition) is 2. The van der Waals surface area contributed by atoms with Crippen molar-refractivity contribution >= 4 is 31.2 Å². The maximum Gasteiger partial charge on any atom is 0.209 e. The van der Waals surface area contributed by atoms with E-state index < -0.39 is 0 Å². The molecule has 5 heteroatoms. The van der Waals surface area contributed by atoms with E-state index in [1.54, 1.807) is 4.90 Å². The topological polar surface area (TPSA) is 40.5 Å². The van der Waals surface area contributed by atoms with Crippen LogP contribution in [0, 0.1) is 0 Å². The molecule has 1 heterocycles. The van der Waals surface area contributed by atoms with Crippen molar-refractivity contribution < 1.29 is 9.90 Å². The van der Waals surface area contributed by atoms with Crippen LogP contribution >= 0.6 is 24.8 Å². The van der Waals surface area contributed by atoms with Crippen molar-refractivity contribution in [1.82, 2.24) is 4.90 Å². The van der Waals surface area contributed by atoms with Crippen LogP contribution < -0.4 is 0 Å². The first-order chi connectivity index (χ1) is 3.83. The Bertz CT molecular complexity index is 102. The Balaban J connectivity index is 0. The van der Waals surface area contributed by atoms with Gasteiger partial charge in [0.25, 0.3) is 0 Å². The lowest BCUT2D eigenvalue weighted by atomic mass is 10.3. The molecule has 1 aliphatic heterocycles. The number of carbonyl (C=O) groups excluding carboxylic acids is 1. The number of β-amino-alcohol motifs (C(OH)–C–C–N with tert-alkyl or cyclic N) is 1. The zero-order valence-corrected chi connectivity index (χ0v) is 7.03. The minimum Gasteiger partial charge on any atom is -0.391 e. The Kier molecular flexibility index (Phi) is 7.31. The molecule has 1 rings (SSSR count). The van der Waals surface area contributed by atoms with Crippen molar-refractivity contribution in [2.45, 2.75) is 12.5 Å². The summed E-state index contributed by atoms with van der Waals surface area (Å²) in [6.45, 7) is 1.23. The van der Waals surface area contributed by atoms with Crippen LogP contribution in [-0.4, -0.2) is 35.6 Å². The monoisotopic (exact) mass is 187 g/mol. The second-order valence-electron chi connectivity index (χ2n) is 2.04. The quantitative estimate of drug-likeness (QED) is 0.591. The van der Waals surface area contributed by atoms with Gasteiger partial charge in [-0.05, 0) is 6.42 Å². The van der Waals surface area contributed by atoms with Gasteiger partial charge in [0.2, 0.25) is 6.41 Å². The van der Waals surface area contributed by atoms with Gasteiger partial charge in [-0.3, -0.25) is 4.79 Å². The normalized spacial score (nSPS) is 22.9. The summed E-state index contributed by atoms with van der Waals surface area (Å²) in [6.07, 6.45) is 1.23. The molecule has 0 aromatic heterocycles. The minimum atomic E-state index is -0.278. The third-order valence-electron chi connectivity index (χ3n) is 1.34. The lowest BCUT2D eigenvalue weighted by Gasteiger charge is -2.04. The molecule has 0 radical (unpaired) electrons. The molecular formula is C5H11Cl2NO2. The Hall–Kier alpha value is 0.01000. The molecular weight excluding hydrogens is 177 g/mol. The number of halogens is 2. The average molecular weight is 188 g/mol. The number of likely N-dealkylation sites (tertiary alicyclic amines) is 1. The molecule has 1 amide bonds. The van der Waals surface area contributed by atoms with Crippen molar-refractivity contribution in [2.24, 2.45) is 0 Å². The zero-order valence-electron chi connectivity index (χ0n) is 5.40. The van der Waals surface area contributed by atoms with Gasteiger partial charge in [0.15, 0.2) is 0 Å². The number of rotatable bonds is 1.